The van der Waals surface area contributed by atoms with Crippen molar-refractivity contribution in [2.45, 2.75) is 20.8 Å². The fourth-order valence-corrected chi connectivity index (χ4v) is 3.56. The van der Waals surface area contributed by atoms with Crippen LogP contribution in [0.3, 0.4) is 0 Å². The van der Waals surface area contributed by atoms with Crippen LogP contribution < -0.4 is 24.2 Å². The maximum absolute atomic E-state index is 12.5. The monoisotopic (exact) mass is 379 g/mol. The third-order valence-corrected chi connectivity index (χ3v) is 5.20. The number of ketones is 1. The van der Waals surface area contributed by atoms with Crippen molar-refractivity contribution >= 4 is 40.9 Å². The van der Waals surface area contributed by atoms with E-state index in [4.69, 9.17) is 21.1 Å². The summed E-state index contributed by atoms with van der Waals surface area (Å²) in [6, 6.07) is 3.50. The number of hydrogen-bond donors (Lipinski definition) is 0. The predicted octanol–water partition coefficient (Wildman–Crippen LogP) is 2.05. The molecule has 1 aliphatic rings. The quantitative estimate of drug-likeness (QED) is 0.801. The van der Waals surface area contributed by atoms with Crippen molar-refractivity contribution in [1.82, 2.24) is 4.57 Å². The first-order chi connectivity index (χ1) is 11.7. The van der Waals surface area contributed by atoms with Gasteiger partial charge < -0.3 is 14.0 Å². The standard InChI is InChI=1S/C18H18ClNO4S/c1-18(2,3)14(21)8-15-20(4)17(22)13(25-15)7-10-5-11(19)16-12(6-10)23-9-24-16/h5-8H,9H2,1-4H3/b13-7-,15-8+. The minimum absolute atomic E-state index is 0.0259. The molecule has 7 heteroatoms. The zero-order valence-corrected chi connectivity index (χ0v) is 16.0. The molecule has 25 heavy (non-hydrogen) atoms. The topological polar surface area (TPSA) is 57.5 Å². The molecule has 5 nitrogen and oxygen atoms in total. The number of fused-ring (bicyclic) bond motifs is 1. The molecule has 0 saturated carbocycles. The molecule has 0 atom stereocenters. The van der Waals surface area contributed by atoms with E-state index in [2.05, 4.69) is 0 Å². The average molecular weight is 380 g/mol. The number of aromatic nitrogens is 1. The summed E-state index contributed by atoms with van der Waals surface area (Å²) in [4.78, 5) is 24.7. The number of ether oxygens (including phenoxy) is 2. The van der Waals surface area contributed by atoms with E-state index in [-0.39, 0.29) is 18.1 Å². The molecule has 0 spiro atoms. The van der Waals surface area contributed by atoms with E-state index in [0.29, 0.717) is 25.7 Å². The summed E-state index contributed by atoms with van der Waals surface area (Å²) in [5, 5.41) is 0.435. The summed E-state index contributed by atoms with van der Waals surface area (Å²) in [6.45, 7) is 5.67. The minimum atomic E-state index is -0.491. The number of Topliss-reactive ketones (excluding diaryl/α,β-unsaturated/α-hetero) is 1. The number of benzene rings is 1. The third-order valence-electron chi connectivity index (χ3n) is 3.80. The fourth-order valence-electron chi connectivity index (χ4n) is 2.26. The molecule has 132 valence electrons. The normalized spacial score (nSPS) is 15.1. The lowest BCUT2D eigenvalue weighted by Crippen LogP contribution is -2.30. The Hall–Kier alpha value is -2.05. The molecule has 1 aliphatic heterocycles. The highest BCUT2D eigenvalue weighted by Crippen LogP contribution is 2.39. The van der Waals surface area contributed by atoms with Gasteiger partial charge in [0.25, 0.3) is 5.56 Å². The van der Waals surface area contributed by atoms with E-state index in [0.717, 1.165) is 5.56 Å². The molecule has 3 rings (SSSR count). The van der Waals surface area contributed by atoms with Crippen LogP contribution in [0.5, 0.6) is 11.5 Å². The van der Waals surface area contributed by atoms with Gasteiger partial charge in [-0.2, -0.15) is 0 Å². The van der Waals surface area contributed by atoms with Crippen LogP contribution in [-0.4, -0.2) is 17.1 Å². The molecular weight excluding hydrogens is 362 g/mol. The van der Waals surface area contributed by atoms with Crippen LogP contribution in [0.4, 0.5) is 0 Å². The Morgan fingerprint density at radius 1 is 1.32 bits per heavy atom. The van der Waals surface area contributed by atoms with Gasteiger partial charge in [0.1, 0.15) is 4.66 Å². The van der Waals surface area contributed by atoms with Crippen LogP contribution in [0.15, 0.2) is 16.9 Å². The van der Waals surface area contributed by atoms with Crippen LogP contribution in [0.2, 0.25) is 5.02 Å². The molecule has 0 unspecified atom stereocenters. The Morgan fingerprint density at radius 2 is 2.04 bits per heavy atom. The average Bonchev–Trinajstić information content (AvgIpc) is 3.08. The minimum Gasteiger partial charge on any atom is -0.454 e. The first-order valence-electron chi connectivity index (χ1n) is 7.69. The molecule has 1 aromatic heterocycles. The van der Waals surface area contributed by atoms with Gasteiger partial charge in [-0.25, -0.2) is 0 Å². The molecule has 0 aliphatic carbocycles. The van der Waals surface area contributed by atoms with Crippen LogP contribution in [-0.2, 0) is 11.8 Å². The molecule has 0 saturated heterocycles. The van der Waals surface area contributed by atoms with Crippen molar-refractivity contribution in [1.29, 1.82) is 0 Å². The molecule has 1 aromatic carbocycles. The van der Waals surface area contributed by atoms with Crippen LogP contribution in [0.1, 0.15) is 26.3 Å². The second-order valence-electron chi connectivity index (χ2n) is 6.81. The second kappa shape index (κ2) is 6.35. The Kier molecular flexibility index (Phi) is 4.51. The lowest BCUT2D eigenvalue weighted by molar-refractivity contribution is -0.120. The number of hydrogen-bond acceptors (Lipinski definition) is 5. The third kappa shape index (κ3) is 3.50. The number of rotatable bonds is 2. The molecule has 0 N–H and O–H groups in total. The molecule has 0 amide bonds. The van der Waals surface area contributed by atoms with Gasteiger partial charge in [0, 0.05) is 18.5 Å². The SMILES string of the molecule is Cn1c(=O)/c(=C/c2cc(Cl)c3c(c2)OCO3)s/c1=C/C(=O)C(C)(C)C. The zero-order valence-electron chi connectivity index (χ0n) is 14.4. The van der Waals surface area contributed by atoms with Crippen molar-refractivity contribution in [2.75, 3.05) is 6.79 Å². The Morgan fingerprint density at radius 3 is 2.72 bits per heavy atom. The van der Waals surface area contributed by atoms with Crippen LogP contribution >= 0.6 is 22.9 Å². The summed E-state index contributed by atoms with van der Waals surface area (Å²) < 4.78 is 13.2. The first-order valence-corrected chi connectivity index (χ1v) is 8.89. The van der Waals surface area contributed by atoms with Gasteiger partial charge in [-0.15, -0.1) is 11.3 Å². The number of halogens is 1. The van der Waals surface area contributed by atoms with Gasteiger partial charge in [0.2, 0.25) is 6.79 Å². The highest BCUT2D eigenvalue weighted by Gasteiger charge is 2.20. The van der Waals surface area contributed by atoms with E-state index >= 15 is 0 Å². The van der Waals surface area contributed by atoms with Crippen molar-refractivity contribution in [3.63, 3.8) is 0 Å². The maximum Gasteiger partial charge on any atom is 0.268 e. The molecular formula is C18H18ClNO4S. The lowest BCUT2D eigenvalue weighted by Gasteiger charge is -2.12. The summed E-state index contributed by atoms with van der Waals surface area (Å²) in [6.07, 6.45) is 3.26. The smallest absolute Gasteiger partial charge is 0.268 e. The predicted molar refractivity (Wildman–Crippen MR) is 98.9 cm³/mol. The van der Waals surface area contributed by atoms with E-state index in [1.807, 2.05) is 20.8 Å². The fraction of sp³-hybridized carbons (Fsp3) is 0.333. The van der Waals surface area contributed by atoms with E-state index in [1.54, 1.807) is 25.3 Å². The lowest BCUT2D eigenvalue weighted by atomic mass is 9.91. The highest BCUT2D eigenvalue weighted by molar-refractivity contribution is 7.07. The summed E-state index contributed by atoms with van der Waals surface area (Å²) in [5.74, 6) is 1.05. The number of carbonyl (C=O) groups is 1. The number of nitrogens with zero attached hydrogens (tertiary/aromatic N) is 1. The van der Waals surface area contributed by atoms with Gasteiger partial charge in [-0.1, -0.05) is 32.4 Å². The summed E-state index contributed by atoms with van der Waals surface area (Å²) in [7, 11) is 1.66. The molecule has 2 heterocycles. The zero-order chi connectivity index (χ0) is 18.4. The van der Waals surface area contributed by atoms with Crippen molar-refractivity contribution < 1.29 is 14.3 Å². The van der Waals surface area contributed by atoms with E-state index in [1.165, 1.54) is 22.0 Å². The Labute approximate surface area is 153 Å². The molecule has 2 aromatic rings. The molecule has 0 radical (unpaired) electrons. The maximum atomic E-state index is 12.5. The van der Waals surface area contributed by atoms with Crippen LogP contribution in [0.25, 0.3) is 12.2 Å². The summed E-state index contributed by atoms with van der Waals surface area (Å²) >= 11 is 7.45. The number of thiazole rings is 1. The molecule has 0 bridgehead atoms. The first kappa shape index (κ1) is 17.8. The van der Waals surface area contributed by atoms with E-state index < -0.39 is 5.41 Å². The van der Waals surface area contributed by atoms with Crippen molar-refractivity contribution in [3.05, 3.63) is 42.3 Å². The number of carbonyl (C=O) groups excluding carboxylic acids is 1. The summed E-state index contributed by atoms with van der Waals surface area (Å²) in [5.41, 5.74) is 0.0861. The van der Waals surface area contributed by atoms with Crippen LogP contribution in [0, 0.1) is 5.41 Å². The van der Waals surface area contributed by atoms with Gasteiger partial charge in [-0.3, -0.25) is 9.59 Å². The van der Waals surface area contributed by atoms with Gasteiger partial charge in [-0.05, 0) is 23.8 Å². The van der Waals surface area contributed by atoms with Gasteiger partial charge in [0.05, 0.1) is 9.55 Å². The van der Waals surface area contributed by atoms with Crippen molar-refractivity contribution in [3.8, 4) is 11.5 Å². The second-order valence-corrected chi connectivity index (χ2v) is 8.28. The Balaban J connectivity index is 2.11. The highest BCUT2D eigenvalue weighted by atomic mass is 35.5. The van der Waals surface area contributed by atoms with Gasteiger partial charge in [0.15, 0.2) is 17.3 Å². The van der Waals surface area contributed by atoms with E-state index in [9.17, 15) is 9.59 Å². The Bertz CT molecular complexity index is 1030. The molecule has 0 fully saturated rings. The van der Waals surface area contributed by atoms with Gasteiger partial charge >= 0.3 is 0 Å². The largest absolute Gasteiger partial charge is 0.454 e. The van der Waals surface area contributed by atoms with Crippen molar-refractivity contribution in [2.24, 2.45) is 12.5 Å².